The quantitative estimate of drug-likeness (QED) is 0.757. The van der Waals surface area contributed by atoms with E-state index in [0.717, 1.165) is 24.3 Å². The van der Waals surface area contributed by atoms with Gasteiger partial charge in [0.1, 0.15) is 5.52 Å². The minimum absolute atomic E-state index is 0.128. The van der Waals surface area contributed by atoms with Gasteiger partial charge in [0.2, 0.25) is 0 Å². The van der Waals surface area contributed by atoms with E-state index in [1.807, 2.05) is 6.20 Å². The third-order valence-corrected chi connectivity index (χ3v) is 4.80. The highest BCUT2D eigenvalue weighted by molar-refractivity contribution is 6.31. The molecule has 1 aliphatic rings. The van der Waals surface area contributed by atoms with Crippen molar-refractivity contribution in [1.82, 2.24) is 14.7 Å². The smallest absolute Gasteiger partial charge is 0.272 e. The highest BCUT2D eigenvalue weighted by atomic mass is 35.5. The molecule has 23 heavy (non-hydrogen) atoms. The zero-order valence-corrected chi connectivity index (χ0v) is 13.4. The van der Waals surface area contributed by atoms with Crippen molar-refractivity contribution in [2.75, 3.05) is 13.1 Å². The first-order chi connectivity index (χ1) is 11.2. The van der Waals surface area contributed by atoms with Crippen molar-refractivity contribution in [3.8, 4) is 11.3 Å². The molecule has 0 amide bonds. The number of aromatic amines is 1. The van der Waals surface area contributed by atoms with E-state index in [9.17, 15) is 4.79 Å². The summed E-state index contributed by atoms with van der Waals surface area (Å²) >= 11 is 5.98. The van der Waals surface area contributed by atoms with Crippen LogP contribution in [0.15, 0.2) is 47.5 Å². The second-order valence-corrected chi connectivity index (χ2v) is 6.53. The number of hydrogen-bond acceptors (Lipinski definition) is 2. The number of piperidine rings is 1. The molecule has 5 heteroatoms. The molecule has 3 aromatic rings. The first-order valence-electron chi connectivity index (χ1n) is 7.92. The Labute approximate surface area is 139 Å². The summed E-state index contributed by atoms with van der Waals surface area (Å²) < 4.78 is 1.78. The summed E-state index contributed by atoms with van der Waals surface area (Å²) in [5.41, 5.74) is 3.61. The average Bonchev–Trinajstić information content (AvgIpc) is 2.97. The third kappa shape index (κ3) is 2.80. The first-order valence-corrected chi connectivity index (χ1v) is 8.30. The molecule has 2 aromatic heterocycles. The third-order valence-electron chi connectivity index (χ3n) is 4.60. The maximum absolute atomic E-state index is 12.2. The molecule has 2 N–H and O–H groups in total. The van der Waals surface area contributed by atoms with Crippen LogP contribution in [0.4, 0.5) is 0 Å². The Kier molecular flexibility index (Phi) is 3.71. The number of hydrogen-bond donors (Lipinski definition) is 2. The van der Waals surface area contributed by atoms with Crippen molar-refractivity contribution >= 4 is 17.1 Å². The van der Waals surface area contributed by atoms with Gasteiger partial charge in [0.25, 0.3) is 5.56 Å². The minimum Gasteiger partial charge on any atom is -0.319 e. The van der Waals surface area contributed by atoms with Crippen molar-refractivity contribution in [2.45, 2.75) is 18.8 Å². The van der Waals surface area contributed by atoms with E-state index in [2.05, 4.69) is 34.6 Å². The van der Waals surface area contributed by atoms with E-state index in [1.54, 1.807) is 16.7 Å². The number of nitrogens with one attached hydrogen (secondary N) is 2. The molecule has 0 aliphatic carbocycles. The van der Waals surface area contributed by atoms with E-state index < -0.39 is 0 Å². The molecule has 0 saturated carbocycles. The fraction of sp³-hybridized carbons (Fsp3) is 0.278. The number of aromatic nitrogens is 2. The Morgan fingerprint density at radius 2 is 1.83 bits per heavy atom. The molecule has 1 aromatic carbocycles. The first kappa shape index (κ1) is 14.5. The van der Waals surface area contributed by atoms with Crippen LogP contribution in [0.5, 0.6) is 0 Å². The minimum atomic E-state index is -0.128. The molecule has 0 atom stereocenters. The summed E-state index contributed by atoms with van der Waals surface area (Å²) in [6.07, 6.45) is 6.02. The number of H-pyrrole nitrogens is 1. The van der Waals surface area contributed by atoms with Crippen LogP contribution in [-0.2, 0) is 0 Å². The topological polar surface area (TPSA) is 49.3 Å². The van der Waals surface area contributed by atoms with Crippen LogP contribution in [0.2, 0.25) is 5.02 Å². The number of halogens is 1. The SMILES string of the molecule is O=c1[nH]c(-c2ccc(C3CCNCC3)cc2)cn2cc(Cl)cc12. The fourth-order valence-corrected chi connectivity index (χ4v) is 3.54. The van der Waals surface area contributed by atoms with Gasteiger partial charge in [-0.2, -0.15) is 0 Å². The molecule has 3 heterocycles. The van der Waals surface area contributed by atoms with Crippen LogP contribution in [0, 0.1) is 0 Å². The molecule has 1 saturated heterocycles. The Bertz CT molecular complexity index is 889. The van der Waals surface area contributed by atoms with Crippen LogP contribution in [0.3, 0.4) is 0 Å². The summed E-state index contributed by atoms with van der Waals surface area (Å²) in [6, 6.07) is 10.2. The van der Waals surface area contributed by atoms with Gasteiger partial charge in [0.15, 0.2) is 0 Å². The normalized spacial score (nSPS) is 16.0. The van der Waals surface area contributed by atoms with Crippen molar-refractivity contribution < 1.29 is 0 Å². The van der Waals surface area contributed by atoms with Gasteiger partial charge < -0.3 is 14.7 Å². The lowest BCUT2D eigenvalue weighted by Gasteiger charge is -2.23. The molecule has 0 spiro atoms. The lowest BCUT2D eigenvalue weighted by atomic mass is 9.89. The zero-order chi connectivity index (χ0) is 15.8. The Balaban J connectivity index is 1.68. The number of rotatable bonds is 2. The lowest BCUT2D eigenvalue weighted by molar-refractivity contribution is 0.460. The molecule has 4 nitrogen and oxygen atoms in total. The molecule has 0 unspecified atom stereocenters. The highest BCUT2D eigenvalue weighted by Crippen LogP contribution is 2.27. The molecule has 1 aliphatic heterocycles. The lowest BCUT2D eigenvalue weighted by Crippen LogP contribution is -2.26. The van der Waals surface area contributed by atoms with E-state index in [1.165, 1.54) is 18.4 Å². The summed E-state index contributed by atoms with van der Waals surface area (Å²) in [7, 11) is 0. The molecular weight excluding hydrogens is 310 g/mol. The van der Waals surface area contributed by atoms with Crippen molar-refractivity contribution in [3.05, 3.63) is 63.7 Å². The van der Waals surface area contributed by atoms with Crippen molar-refractivity contribution in [1.29, 1.82) is 0 Å². The van der Waals surface area contributed by atoms with Crippen molar-refractivity contribution in [3.63, 3.8) is 0 Å². The summed E-state index contributed by atoms with van der Waals surface area (Å²) in [5, 5.41) is 3.96. The molecule has 4 rings (SSSR count). The van der Waals surface area contributed by atoms with Crippen LogP contribution in [-0.4, -0.2) is 22.5 Å². The summed E-state index contributed by atoms with van der Waals surface area (Å²) in [5.74, 6) is 0.634. The van der Waals surface area contributed by atoms with Crippen LogP contribution in [0.1, 0.15) is 24.3 Å². The molecule has 0 bridgehead atoms. The maximum atomic E-state index is 12.2. The molecule has 1 fully saturated rings. The Morgan fingerprint density at radius 1 is 1.09 bits per heavy atom. The predicted molar refractivity (Wildman–Crippen MR) is 93.3 cm³/mol. The van der Waals surface area contributed by atoms with E-state index in [-0.39, 0.29) is 5.56 Å². The van der Waals surface area contributed by atoms with Gasteiger partial charge >= 0.3 is 0 Å². The largest absolute Gasteiger partial charge is 0.319 e. The average molecular weight is 328 g/mol. The van der Waals surface area contributed by atoms with E-state index in [4.69, 9.17) is 11.6 Å². The number of fused-ring (bicyclic) bond motifs is 1. The number of benzene rings is 1. The molecular formula is C18H18ClN3O. The molecule has 118 valence electrons. The van der Waals surface area contributed by atoms with Gasteiger partial charge in [0, 0.05) is 12.4 Å². The predicted octanol–water partition coefficient (Wildman–Crippen LogP) is 3.42. The van der Waals surface area contributed by atoms with Gasteiger partial charge in [-0.05, 0) is 49.0 Å². The van der Waals surface area contributed by atoms with E-state index in [0.29, 0.717) is 16.5 Å². The zero-order valence-electron chi connectivity index (χ0n) is 12.7. The second kappa shape index (κ2) is 5.87. The Hall–Kier alpha value is -2.04. The second-order valence-electron chi connectivity index (χ2n) is 6.09. The van der Waals surface area contributed by atoms with Gasteiger partial charge in [-0.25, -0.2) is 0 Å². The highest BCUT2D eigenvalue weighted by Gasteiger charge is 2.15. The number of nitrogens with zero attached hydrogens (tertiary/aromatic N) is 1. The van der Waals surface area contributed by atoms with Crippen LogP contribution < -0.4 is 10.9 Å². The maximum Gasteiger partial charge on any atom is 0.272 e. The summed E-state index contributed by atoms with van der Waals surface area (Å²) in [6.45, 7) is 2.18. The summed E-state index contributed by atoms with van der Waals surface area (Å²) in [4.78, 5) is 15.1. The van der Waals surface area contributed by atoms with Gasteiger partial charge in [-0.15, -0.1) is 0 Å². The fourth-order valence-electron chi connectivity index (χ4n) is 3.33. The standard InChI is InChI=1S/C18H18ClN3O/c19-15-9-17-18(23)21-16(11-22(17)10-15)14-3-1-12(2-4-14)13-5-7-20-8-6-13/h1-4,9-11,13,20H,5-8H2,(H,21,23). The monoisotopic (exact) mass is 327 g/mol. The van der Waals surface area contributed by atoms with Gasteiger partial charge in [-0.1, -0.05) is 35.9 Å². The Morgan fingerprint density at radius 3 is 2.57 bits per heavy atom. The van der Waals surface area contributed by atoms with Crippen LogP contribution in [0.25, 0.3) is 16.8 Å². The van der Waals surface area contributed by atoms with Gasteiger partial charge in [0.05, 0.1) is 10.7 Å². The van der Waals surface area contributed by atoms with Gasteiger partial charge in [-0.3, -0.25) is 4.79 Å². The van der Waals surface area contributed by atoms with Crippen molar-refractivity contribution in [2.24, 2.45) is 0 Å². The van der Waals surface area contributed by atoms with E-state index >= 15 is 0 Å². The van der Waals surface area contributed by atoms with Crippen LogP contribution >= 0.6 is 11.6 Å². The molecule has 0 radical (unpaired) electrons.